The molecular weight excluding hydrogens is 429 g/mol. The highest BCUT2D eigenvalue weighted by atomic mass is 127. The molecule has 1 aromatic carbocycles. The highest BCUT2D eigenvalue weighted by molar-refractivity contribution is 14.0. The normalized spacial score (nSPS) is 17.4. The van der Waals surface area contributed by atoms with Crippen LogP contribution in [0, 0.1) is 5.92 Å². The third-order valence-corrected chi connectivity index (χ3v) is 4.41. The number of hydrogen-bond donors (Lipinski definition) is 2. The zero-order valence-corrected chi connectivity index (χ0v) is 18.5. The van der Waals surface area contributed by atoms with Crippen molar-refractivity contribution < 1.29 is 9.47 Å². The van der Waals surface area contributed by atoms with Gasteiger partial charge in [0.05, 0.1) is 6.61 Å². The van der Waals surface area contributed by atoms with E-state index in [-0.39, 0.29) is 30.1 Å². The van der Waals surface area contributed by atoms with Gasteiger partial charge in [0.15, 0.2) is 5.96 Å². The van der Waals surface area contributed by atoms with Crippen molar-refractivity contribution >= 4 is 29.9 Å². The molecule has 1 heterocycles. The van der Waals surface area contributed by atoms with E-state index in [0.717, 1.165) is 29.4 Å². The van der Waals surface area contributed by atoms with Crippen molar-refractivity contribution in [3.63, 3.8) is 0 Å². The van der Waals surface area contributed by atoms with Gasteiger partial charge in [0.1, 0.15) is 17.6 Å². The number of halogens is 1. The molecular formula is C19H32IN3O2. The van der Waals surface area contributed by atoms with E-state index in [2.05, 4.69) is 55.5 Å². The van der Waals surface area contributed by atoms with Gasteiger partial charge in [0, 0.05) is 37.2 Å². The van der Waals surface area contributed by atoms with E-state index in [1.807, 2.05) is 6.92 Å². The number of nitrogens with zero attached hydrogens (tertiary/aromatic N) is 1. The van der Waals surface area contributed by atoms with Crippen molar-refractivity contribution in [3.8, 4) is 11.5 Å². The lowest BCUT2D eigenvalue weighted by molar-refractivity contribution is 0.254. The van der Waals surface area contributed by atoms with Gasteiger partial charge in [0.2, 0.25) is 0 Å². The summed E-state index contributed by atoms with van der Waals surface area (Å²) in [6, 6.07) is 4.56. The molecule has 0 aliphatic carbocycles. The van der Waals surface area contributed by atoms with Gasteiger partial charge >= 0.3 is 0 Å². The summed E-state index contributed by atoms with van der Waals surface area (Å²) < 4.78 is 11.7. The second-order valence-corrected chi connectivity index (χ2v) is 6.74. The van der Waals surface area contributed by atoms with Crippen molar-refractivity contribution in [1.29, 1.82) is 0 Å². The first-order chi connectivity index (χ1) is 11.4. The summed E-state index contributed by atoms with van der Waals surface area (Å²) in [5, 5.41) is 6.79. The lowest BCUT2D eigenvalue weighted by Gasteiger charge is -2.21. The van der Waals surface area contributed by atoms with E-state index in [4.69, 9.17) is 9.47 Å². The van der Waals surface area contributed by atoms with Crippen LogP contribution in [0.15, 0.2) is 17.1 Å². The largest absolute Gasteiger partial charge is 0.494 e. The molecule has 2 N–H and O–H groups in total. The Morgan fingerprint density at radius 2 is 2.08 bits per heavy atom. The maximum atomic E-state index is 5.88. The van der Waals surface area contributed by atoms with Gasteiger partial charge in [-0.2, -0.15) is 0 Å². The van der Waals surface area contributed by atoms with E-state index < -0.39 is 0 Å². The molecule has 0 bridgehead atoms. The molecule has 0 amide bonds. The minimum atomic E-state index is 0. The Bertz CT molecular complexity index is 590. The first-order valence-corrected chi connectivity index (χ1v) is 8.87. The standard InChI is InChI=1S/C19H31N3O2.HI/c1-7-23-17-9-15-8-13(4)24-18(15)10-16(17)11-21-19(20-6)22-14(5)12(2)3;/h9-10,12-14H,7-8,11H2,1-6H3,(H2,20,21,22);1H. The van der Waals surface area contributed by atoms with Crippen LogP contribution < -0.4 is 20.1 Å². The second-order valence-electron chi connectivity index (χ2n) is 6.74. The lowest BCUT2D eigenvalue weighted by Crippen LogP contribution is -2.43. The van der Waals surface area contributed by atoms with Crippen molar-refractivity contribution in [1.82, 2.24) is 10.6 Å². The third-order valence-electron chi connectivity index (χ3n) is 4.41. The van der Waals surface area contributed by atoms with Gasteiger partial charge in [-0.25, -0.2) is 0 Å². The number of hydrogen-bond acceptors (Lipinski definition) is 3. The minimum absolute atomic E-state index is 0. The summed E-state index contributed by atoms with van der Waals surface area (Å²) in [4.78, 5) is 4.31. The zero-order chi connectivity index (χ0) is 17.7. The van der Waals surface area contributed by atoms with E-state index in [1.54, 1.807) is 7.05 Å². The van der Waals surface area contributed by atoms with Crippen LogP contribution in [0.4, 0.5) is 0 Å². The Labute approximate surface area is 169 Å². The molecule has 2 unspecified atom stereocenters. The Hall–Kier alpha value is -1.18. The van der Waals surface area contributed by atoms with E-state index in [1.165, 1.54) is 5.56 Å². The van der Waals surface area contributed by atoms with Crippen LogP contribution in [-0.2, 0) is 13.0 Å². The van der Waals surface area contributed by atoms with Gasteiger partial charge in [-0.15, -0.1) is 24.0 Å². The molecule has 0 fully saturated rings. The highest BCUT2D eigenvalue weighted by Gasteiger charge is 2.22. The highest BCUT2D eigenvalue weighted by Crippen LogP contribution is 2.35. The first-order valence-electron chi connectivity index (χ1n) is 8.87. The lowest BCUT2D eigenvalue weighted by atomic mass is 10.1. The van der Waals surface area contributed by atoms with Crippen LogP contribution in [0.3, 0.4) is 0 Å². The smallest absolute Gasteiger partial charge is 0.191 e. The number of rotatable bonds is 6. The summed E-state index contributed by atoms with van der Waals surface area (Å²) >= 11 is 0. The van der Waals surface area contributed by atoms with Crippen LogP contribution in [-0.4, -0.2) is 31.8 Å². The molecule has 1 aliphatic heterocycles. The van der Waals surface area contributed by atoms with Crippen molar-refractivity contribution in [2.24, 2.45) is 10.9 Å². The average Bonchev–Trinajstić information content (AvgIpc) is 2.90. The second kappa shape index (κ2) is 10.1. The zero-order valence-electron chi connectivity index (χ0n) is 16.2. The molecule has 0 saturated heterocycles. The van der Waals surface area contributed by atoms with Gasteiger partial charge in [-0.05, 0) is 38.8 Å². The molecule has 0 radical (unpaired) electrons. The molecule has 5 nitrogen and oxygen atoms in total. The van der Waals surface area contributed by atoms with Crippen LogP contribution in [0.5, 0.6) is 11.5 Å². The quantitative estimate of drug-likeness (QED) is 0.385. The van der Waals surface area contributed by atoms with Crippen LogP contribution >= 0.6 is 24.0 Å². The summed E-state index contributed by atoms with van der Waals surface area (Å²) in [7, 11) is 1.79. The predicted molar refractivity (Wildman–Crippen MR) is 114 cm³/mol. The fourth-order valence-electron chi connectivity index (χ4n) is 2.67. The van der Waals surface area contributed by atoms with Gasteiger partial charge in [-0.1, -0.05) is 13.8 Å². The van der Waals surface area contributed by atoms with Crippen molar-refractivity contribution in [2.75, 3.05) is 13.7 Å². The summed E-state index contributed by atoms with van der Waals surface area (Å²) in [5.41, 5.74) is 2.32. The summed E-state index contributed by atoms with van der Waals surface area (Å²) in [6.45, 7) is 11.9. The molecule has 25 heavy (non-hydrogen) atoms. The number of guanidine groups is 1. The van der Waals surface area contributed by atoms with Crippen LogP contribution in [0.1, 0.15) is 45.7 Å². The molecule has 2 rings (SSSR count). The van der Waals surface area contributed by atoms with Gasteiger partial charge in [0.25, 0.3) is 0 Å². The molecule has 0 saturated carbocycles. The molecule has 0 spiro atoms. The Morgan fingerprint density at radius 3 is 2.68 bits per heavy atom. The monoisotopic (exact) mass is 461 g/mol. The van der Waals surface area contributed by atoms with E-state index in [9.17, 15) is 0 Å². The molecule has 1 aliphatic rings. The molecule has 1 aromatic rings. The number of fused-ring (bicyclic) bond motifs is 1. The molecule has 142 valence electrons. The van der Waals surface area contributed by atoms with E-state index >= 15 is 0 Å². The third kappa shape index (κ3) is 5.94. The number of ether oxygens (including phenoxy) is 2. The summed E-state index contributed by atoms with van der Waals surface area (Å²) in [6.07, 6.45) is 1.18. The average molecular weight is 461 g/mol. The minimum Gasteiger partial charge on any atom is -0.494 e. The maximum Gasteiger partial charge on any atom is 0.191 e. The maximum absolute atomic E-state index is 5.88. The Morgan fingerprint density at radius 1 is 1.36 bits per heavy atom. The topological polar surface area (TPSA) is 54.9 Å². The first kappa shape index (κ1) is 21.9. The van der Waals surface area contributed by atoms with Crippen LogP contribution in [0.2, 0.25) is 0 Å². The van der Waals surface area contributed by atoms with Crippen molar-refractivity contribution in [3.05, 3.63) is 23.3 Å². The van der Waals surface area contributed by atoms with Crippen molar-refractivity contribution in [2.45, 2.75) is 59.7 Å². The molecule has 0 aromatic heterocycles. The fourth-order valence-corrected chi connectivity index (χ4v) is 2.67. The van der Waals surface area contributed by atoms with Crippen LogP contribution in [0.25, 0.3) is 0 Å². The Kier molecular flexibility index (Phi) is 8.82. The van der Waals surface area contributed by atoms with Gasteiger partial charge < -0.3 is 20.1 Å². The predicted octanol–water partition coefficient (Wildman–Crippen LogP) is 3.74. The number of nitrogens with one attached hydrogen (secondary N) is 2. The molecule has 6 heteroatoms. The number of benzene rings is 1. The van der Waals surface area contributed by atoms with Gasteiger partial charge in [-0.3, -0.25) is 4.99 Å². The Balaban J connectivity index is 0.00000312. The summed E-state index contributed by atoms with van der Waals surface area (Å²) in [5.74, 6) is 3.24. The fraction of sp³-hybridized carbons (Fsp3) is 0.632. The SMILES string of the molecule is CCOc1cc2c(cc1CNC(=NC)NC(C)C(C)C)OC(C)C2.I. The molecule has 2 atom stereocenters. The van der Waals surface area contributed by atoms with E-state index in [0.29, 0.717) is 25.1 Å². The number of aliphatic imine (C=N–C) groups is 1.